The second-order valence-electron chi connectivity index (χ2n) is 3.52. The number of hydrogen-bond acceptors (Lipinski definition) is 1. The lowest BCUT2D eigenvalue weighted by atomic mass is 10.2. The first-order chi connectivity index (χ1) is 8.13. The van der Waals surface area contributed by atoms with Gasteiger partial charge in [-0.2, -0.15) is 0 Å². The summed E-state index contributed by atoms with van der Waals surface area (Å²) in [6.07, 6.45) is 0. The predicted octanol–water partition coefficient (Wildman–Crippen LogP) is 4.31. The molecule has 0 spiro atoms. The summed E-state index contributed by atoms with van der Waals surface area (Å²) in [6.45, 7) is 0.202. The Morgan fingerprint density at radius 3 is 2.53 bits per heavy atom. The first kappa shape index (κ1) is 12.0. The monoisotopic (exact) mass is 298 g/mol. The van der Waals surface area contributed by atoms with E-state index in [1.807, 2.05) is 0 Å². The summed E-state index contributed by atoms with van der Waals surface area (Å²) in [5, 5.41) is 0. The van der Waals surface area contributed by atoms with Gasteiger partial charge in [0.2, 0.25) is 0 Å². The van der Waals surface area contributed by atoms with E-state index in [1.165, 1.54) is 24.3 Å². The summed E-state index contributed by atoms with van der Waals surface area (Å²) in [4.78, 5) is 0. The van der Waals surface area contributed by atoms with E-state index in [9.17, 15) is 8.78 Å². The highest BCUT2D eigenvalue weighted by molar-refractivity contribution is 9.10. The number of halogens is 3. The van der Waals surface area contributed by atoms with Gasteiger partial charge in [-0.05, 0) is 29.8 Å². The maximum atomic E-state index is 13.0. The fourth-order valence-corrected chi connectivity index (χ4v) is 1.85. The summed E-state index contributed by atoms with van der Waals surface area (Å²) < 4.78 is 31.9. The fraction of sp³-hybridized carbons (Fsp3) is 0.0769. The quantitative estimate of drug-likeness (QED) is 0.820. The molecule has 2 rings (SSSR count). The van der Waals surface area contributed by atoms with Gasteiger partial charge in [-0.25, -0.2) is 8.78 Å². The van der Waals surface area contributed by atoms with Crippen LogP contribution >= 0.6 is 15.9 Å². The third kappa shape index (κ3) is 3.53. The van der Waals surface area contributed by atoms with Crippen LogP contribution in [0.1, 0.15) is 5.56 Å². The van der Waals surface area contributed by atoms with Gasteiger partial charge in [0.1, 0.15) is 24.0 Å². The molecule has 2 aromatic carbocycles. The minimum absolute atomic E-state index is 0.202. The number of ether oxygens (including phenoxy) is 1. The Balaban J connectivity index is 2.07. The largest absolute Gasteiger partial charge is 0.489 e. The van der Waals surface area contributed by atoms with E-state index < -0.39 is 0 Å². The second-order valence-corrected chi connectivity index (χ2v) is 4.44. The minimum atomic E-state index is -0.381. The van der Waals surface area contributed by atoms with Crippen molar-refractivity contribution in [1.29, 1.82) is 0 Å². The van der Waals surface area contributed by atoms with E-state index in [0.717, 1.165) is 0 Å². The van der Waals surface area contributed by atoms with Crippen LogP contribution in [0, 0.1) is 11.6 Å². The molecule has 0 radical (unpaired) electrons. The van der Waals surface area contributed by atoms with Gasteiger partial charge in [-0.1, -0.05) is 28.1 Å². The Kier molecular flexibility index (Phi) is 3.74. The molecule has 0 saturated carbocycles. The third-order valence-corrected chi connectivity index (χ3v) is 2.59. The van der Waals surface area contributed by atoms with Crippen molar-refractivity contribution in [3.63, 3.8) is 0 Å². The van der Waals surface area contributed by atoms with Gasteiger partial charge in [0, 0.05) is 10.5 Å². The van der Waals surface area contributed by atoms with Crippen molar-refractivity contribution in [1.82, 2.24) is 0 Å². The molecule has 1 nitrogen and oxygen atoms in total. The molecule has 17 heavy (non-hydrogen) atoms. The number of benzene rings is 2. The van der Waals surface area contributed by atoms with Crippen molar-refractivity contribution >= 4 is 15.9 Å². The van der Waals surface area contributed by atoms with Crippen LogP contribution in [0.15, 0.2) is 46.9 Å². The summed E-state index contributed by atoms with van der Waals surface area (Å²) in [6, 6.07) is 10.4. The molecule has 0 saturated heterocycles. The Bertz CT molecular complexity index is 508. The molecule has 0 aliphatic carbocycles. The maximum Gasteiger partial charge on any atom is 0.128 e. The molecule has 88 valence electrons. The van der Waals surface area contributed by atoms with Gasteiger partial charge in [0.05, 0.1) is 0 Å². The molecular weight excluding hydrogens is 290 g/mol. The molecule has 0 amide bonds. The van der Waals surface area contributed by atoms with Crippen LogP contribution in [-0.2, 0) is 6.61 Å². The molecule has 0 N–H and O–H groups in total. The molecule has 4 heteroatoms. The Hall–Kier alpha value is -1.42. The summed E-state index contributed by atoms with van der Waals surface area (Å²) in [7, 11) is 0. The van der Waals surface area contributed by atoms with E-state index >= 15 is 0 Å². The van der Waals surface area contributed by atoms with E-state index in [1.54, 1.807) is 18.2 Å². The van der Waals surface area contributed by atoms with Gasteiger partial charge in [-0.15, -0.1) is 0 Å². The summed E-state index contributed by atoms with van der Waals surface area (Å²) in [5.74, 6) is -0.290. The van der Waals surface area contributed by atoms with Crippen molar-refractivity contribution in [3.05, 3.63) is 64.1 Å². The lowest BCUT2D eigenvalue weighted by molar-refractivity contribution is 0.303. The van der Waals surface area contributed by atoms with Crippen LogP contribution in [0.4, 0.5) is 8.78 Å². The normalized spacial score (nSPS) is 10.3. The van der Waals surface area contributed by atoms with Crippen molar-refractivity contribution in [3.8, 4) is 5.75 Å². The third-order valence-electron chi connectivity index (χ3n) is 2.13. The second kappa shape index (κ2) is 5.27. The Morgan fingerprint density at radius 2 is 1.82 bits per heavy atom. The molecular formula is C13H9BrF2O. The number of rotatable bonds is 3. The highest BCUT2D eigenvalue weighted by Gasteiger charge is 2.01. The van der Waals surface area contributed by atoms with Crippen molar-refractivity contribution < 1.29 is 13.5 Å². The van der Waals surface area contributed by atoms with Crippen LogP contribution in [0.2, 0.25) is 0 Å². The van der Waals surface area contributed by atoms with Crippen molar-refractivity contribution in [2.75, 3.05) is 0 Å². The van der Waals surface area contributed by atoms with Crippen LogP contribution in [0.3, 0.4) is 0 Å². The van der Waals surface area contributed by atoms with Gasteiger partial charge in [0.25, 0.3) is 0 Å². The van der Waals surface area contributed by atoms with Crippen LogP contribution in [-0.4, -0.2) is 0 Å². The molecule has 0 aliphatic heterocycles. The SMILES string of the molecule is Fc1cccc(COc2cc(F)cc(Br)c2)c1. The highest BCUT2D eigenvalue weighted by atomic mass is 79.9. The lowest BCUT2D eigenvalue weighted by Crippen LogP contribution is -1.96. The first-order valence-electron chi connectivity index (χ1n) is 4.97. The lowest BCUT2D eigenvalue weighted by Gasteiger charge is -2.07. The van der Waals surface area contributed by atoms with Crippen LogP contribution < -0.4 is 4.74 Å². The topological polar surface area (TPSA) is 9.23 Å². The summed E-state index contributed by atoms with van der Waals surface area (Å²) >= 11 is 3.17. The van der Waals surface area contributed by atoms with Gasteiger partial charge in [-0.3, -0.25) is 0 Å². The van der Waals surface area contributed by atoms with E-state index in [4.69, 9.17) is 4.74 Å². The van der Waals surface area contributed by atoms with Crippen molar-refractivity contribution in [2.24, 2.45) is 0 Å². The molecule has 2 aromatic rings. The van der Waals surface area contributed by atoms with Crippen LogP contribution in [0.5, 0.6) is 5.75 Å². The zero-order valence-electron chi connectivity index (χ0n) is 8.79. The maximum absolute atomic E-state index is 13.0. The van der Waals surface area contributed by atoms with Crippen LogP contribution in [0.25, 0.3) is 0 Å². The van der Waals surface area contributed by atoms with E-state index in [0.29, 0.717) is 15.8 Å². The van der Waals surface area contributed by atoms with Gasteiger partial charge >= 0.3 is 0 Å². The van der Waals surface area contributed by atoms with E-state index in [-0.39, 0.29) is 18.2 Å². The van der Waals surface area contributed by atoms with Gasteiger partial charge in [0.15, 0.2) is 0 Å². The minimum Gasteiger partial charge on any atom is -0.489 e. The molecule has 0 bridgehead atoms. The number of hydrogen-bond donors (Lipinski definition) is 0. The molecule has 0 aliphatic rings. The summed E-state index contributed by atoms with van der Waals surface area (Å²) in [5.41, 5.74) is 0.699. The smallest absolute Gasteiger partial charge is 0.128 e. The molecule has 0 fully saturated rings. The first-order valence-corrected chi connectivity index (χ1v) is 5.76. The molecule has 0 atom stereocenters. The molecule has 0 heterocycles. The zero-order chi connectivity index (χ0) is 12.3. The predicted molar refractivity (Wildman–Crippen MR) is 64.8 cm³/mol. The van der Waals surface area contributed by atoms with Gasteiger partial charge < -0.3 is 4.74 Å². The Morgan fingerprint density at radius 1 is 1.00 bits per heavy atom. The standard InChI is InChI=1S/C13H9BrF2O/c14-10-5-12(16)7-13(6-10)17-8-9-2-1-3-11(15)4-9/h1-7H,8H2. The average molecular weight is 299 g/mol. The average Bonchev–Trinajstić information content (AvgIpc) is 2.25. The van der Waals surface area contributed by atoms with E-state index in [2.05, 4.69) is 15.9 Å². The highest BCUT2D eigenvalue weighted by Crippen LogP contribution is 2.21. The van der Waals surface area contributed by atoms with Crippen molar-refractivity contribution in [2.45, 2.75) is 6.61 Å². The fourth-order valence-electron chi connectivity index (χ4n) is 1.41. The molecule has 0 unspecified atom stereocenters. The zero-order valence-corrected chi connectivity index (χ0v) is 10.4. The molecule has 0 aromatic heterocycles. The Labute approximate surface area is 106 Å².